The Morgan fingerprint density at radius 2 is 2.11 bits per heavy atom. The number of carbonyl (C=O) groups is 1. The minimum atomic E-state index is -0.215. The topological polar surface area (TPSA) is 73.6 Å². The van der Waals surface area contributed by atoms with E-state index in [4.69, 9.17) is 15.2 Å². The summed E-state index contributed by atoms with van der Waals surface area (Å²) in [7, 11) is 3.07. The van der Waals surface area contributed by atoms with Crippen molar-refractivity contribution in [1.29, 1.82) is 0 Å². The van der Waals surface area contributed by atoms with Gasteiger partial charge < -0.3 is 20.5 Å². The van der Waals surface area contributed by atoms with Crippen molar-refractivity contribution in [2.75, 3.05) is 27.3 Å². The fourth-order valence-corrected chi connectivity index (χ4v) is 1.42. The maximum Gasteiger partial charge on any atom is 0.255 e. The molecule has 0 atom stereocenters. The van der Waals surface area contributed by atoms with E-state index in [1.165, 1.54) is 7.11 Å². The van der Waals surface area contributed by atoms with E-state index < -0.39 is 0 Å². The molecule has 5 heteroatoms. The number of hydrogen-bond donors (Lipinski definition) is 2. The molecule has 0 bridgehead atoms. The van der Waals surface area contributed by atoms with Crippen LogP contribution in [0.4, 0.5) is 0 Å². The number of amides is 1. The number of ether oxygens (including phenoxy) is 2. The first-order valence-corrected chi connectivity index (χ1v) is 5.58. The summed E-state index contributed by atoms with van der Waals surface area (Å²) in [5, 5.41) is 2.74. The van der Waals surface area contributed by atoms with Gasteiger partial charge in [-0.25, -0.2) is 0 Å². The van der Waals surface area contributed by atoms with Crippen LogP contribution in [0.3, 0.4) is 0 Å². The van der Waals surface area contributed by atoms with Crippen molar-refractivity contribution in [1.82, 2.24) is 5.32 Å². The summed E-state index contributed by atoms with van der Waals surface area (Å²) in [5.74, 6) is 0.905. The molecular formula is C13H18N2O3. The third kappa shape index (κ3) is 3.78. The summed E-state index contributed by atoms with van der Waals surface area (Å²) in [6.45, 7) is 0.884. The number of nitrogens with one attached hydrogen (secondary N) is 1. The molecule has 1 aromatic rings. The molecular weight excluding hydrogens is 232 g/mol. The maximum atomic E-state index is 11.9. The summed E-state index contributed by atoms with van der Waals surface area (Å²) in [6, 6.07) is 5.08. The number of nitrogens with two attached hydrogens (primary N) is 1. The Morgan fingerprint density at radius 1 is 1.33 bits per heavy atom. The van der Waals surface area contributed by atoms with Crippen LogP contribution in [0.1, 0.15) is 10.4 Å². The van der Waals surface area contributed by atoms with Crippen LogP contribution in [0.2, 0.25) is 0 Å². The Hall–Kier alpha value is -2.01. The molecule has 0 spiro atoms. The Labute approximate surface area is 107 Å². The summed E-state index contributed by atoms with van der Waals surface area (Å²) in [4.78, 5) is 11.9. The highest BCUT2D eigenvalue weighted by Crippen LogP contribution is 2.23. The van der Waals surface area contributed by atoms with Crippen LogP contribution in [0.15, 0.2) is 30.4 Å². The number of methoxy groups -OCH3 is 2. The Bertz CT molecular complexity index is 430. The fraction of sp³-hybridized carbons (Fsp3) is 0.308. The lowest BCUT2D eigenvalue weighted by atomic mass is 10.1. The van der Waals surface area contributed by atoms with Gasteiger partial charge in [0.1, 0.15) is 11.5 Å². The van der Waals surface area contributed by atoms with Gasteiger partial charge in [0, 0.05) is 13.1 Å². The molecule has 0 aliphatic rings. The number of hydrogen-bond acceptors (Lipinski definition) is 4. The second kappa shape index (κ2) is 7.34. The van der Waals surface area contributed by atoms with Crippen LogP contribution >= 0.6 is 0 Å². The standard InChI is InChI=1S/C13H18N2O3/c1-17-10-5-6-12(18-2)11(9-10)13(16)15-8-4-3-7-14/h3-6,9H,7-8,14H2,1-2H3,(H,15,16)/b4-3+. The highest BCUT2D eigenvalue weighted by molar-refractivity contribution is 5.97. The van der Waals surface area contributed by atoms with Crippen molar-refractivity contribution in [3.63, 3.8) is 0 Å². The predicted molar refractivity (Wildman–Crippen MR) is 70.1 cm³/mol. The average molecular weight is 250 g/mol. The van der Waals surface area contributed by atoms with Crippen molar-refractivity contribution in [3.05, 3.63) is 35.9 Å². The second-order valence-corrected chi connectivity index (χ2v) is 3.48. The molecule has 0 aliphatic heterocycles. The maximum absolute atomic E-state index is 11.9. The van der Waals surface area contributed by atoms with Crippen LogP contribution in [-0.2, 0) is 0 Å². The molecule has 0 saturated carbocycles. The van der Waals surface area contributed by atoms with Crippen molar-refractivity contribution in [2.24, 2.45) is 5.73 Å². The van der Waals surface area contributed by atoms with Gasteiger partial charge in [-0.1, -0.05) is 12.2 Å². The van der Waals surface area contributed by atoms with Crippen LogP contribution in [0, 0.1) is 0 Å². The monoisotopic (exact) mass is 250 g/mol. The molecule has 0 saturated heterocycles. The molecule has 0 radical (unpaired) electrons. The van der Waals surface area contributed by atoms with Crippen LogP contribution < -0.4 is 20.5 Å². The predicted octanol–water partition coefficient (Wildman–Crippen LogP) is 0.948. The minimum Gasteiger partial charge on any atom is -0.497 e. The SMILES string of the molecule is COc1ccc(OC)c(C(=O)NC/C=C/CN)c1. The lowest BCUT2D eigenvalue weighted by Crippen LogP contribution is -2.24. The lowest BCUT2D eigenvalue weighted by Gasteiger charge is -2.10. The van der Waals surface area contributed by atoms with Crippen molar-refractivity contribution < 1.29 is 14.3 Å². The van der Waals surface area contributed by atoms with Crippen LogP contribution in [0.25, 0.3) is 0 Å². The molecule has 1 aromatic carbocycles. The van der Waals surface area contributed by atoms with E-state index in [1.54, 1.807) is 37.5 Å². The zero-order valence-electron chi connectivity index (χ0n) is 10.6. The van der Waals surface area contributed by atoms with E-state index in [0.29, 0.717) is 30.2 Å². The van der Waals surface area contributed by atoms with Gasteiger partial charge in [0.25, 0.3) is 5.91 Å². The molecule has 0 unspecified atom stereocenters. The van der Waals surface area contributed by atoms with Crippen molar-refractivity contribution >= 4 is 5.91 Å². The van der Waals surface area contributed by atoms with E-state index in [0.717, 1.165) is 0 Å². The Morgan fingerprint density at radius 3 is 2.72 bits per heavy atom. The Kier molecular flexibility index (Phi) is 5.73. The fourth-order valence-electron chi connectivity index (χ4n) is 1.42. The summed E-state index contributed by atoms with van der Waals surface area (Å²) < 4.78 is 10.2. The summed E-state index contributed by atoms with van der Waals surface area (Å²) >= 11 is 0. The number of carbonyl (C=O) groups excluding carboxylic acids is 1. The highest BCUT2D eigenvalue weighted by atomic mass is 16.5. The van der Waals surface area contributed by atoms with E-state index >= 15 is 0 Å². The Balaban J connectivity index is 2.79. The normalized spacial score (nSPS) is 10.4. The molecule has 18 heavy (non-hydrogen) atoms. The molecule has 0 aromatic heterocycles. The van der Waals surface area contributed by atoms with Crippen molar-refractivity contribution in [3.8, 4) is 11.5 Å². The summed E-state index contributed by atoms with van der Waals surface area (Å²) in [5.41, 5.74) is 5.75. The van der Waals surface area contributed by atoms with Gasteiger partial charge in [-0.2, -0.15) is 0 Å². The van der Waals surface area contributed by atoms with Gasteiger partial charge in [0.2, 0.25) is 0 Å². The van der Waals surface area contributed by atoms with E-state index in [-0.39, 0.29) is 5.91 Å². The van der Waals surface area contributed by atoms with Gasteiger partial charge in [-0.3, -0.25) is 4.79 Å². The highest BCUT2D eigenvalue weighted by Gasteiger charge is 2.12. The summed E-state index contributed by atoms with van der Waals surface area (Å²) in [6.07, 6.45) is 3.58. The zero-order valence-corrected chi connectivity index (χ0v) is 10.6. The second-order valence-electron chi connectivity index (χ2n) is 3.48. The third-order valence-corrected chi connectivity index (χ3v) is 2.33. The molecule has 1 rings (SSSR count). The zero-order chi connectivity index (χ0) is 13.4. The van der Waals surface area contributed by atoms with Crippen molar-refractivity contribution in [2.45, 2.75) is 0 Å². The first kappa shape index (κ1) is 14.1. The van der Waals surface area contributed by atoms with E-state index in [9.17, 15) is 4.79 Å². The lowest BCUT2D eigenvalue weighted by molar-refractivity contribution is 0.0954. The molecule has 0 fully saturated rings. The van der Waals surface area contributed by atoms with Gasteiger partial charge in [0.15, 0.2) is 0 Å². The van der Waals surface area contributed by atoms with Gasteiger partial charge in [-0.05, 0) is 18.2 Å². The number of rotatable bonds is 6. The first-order chi connectivity index (χ1) is 8.72. The molecule has 5 nitrogen and oxygen atoms in total. The average Bonchev–Trinajstić information content (AvgIpc) is 2.42. The first-order valence-electron chi connectivity index (χ1n) is 5.58. The quantitative estimate of drug-likeness (QED) is 0.737. The van der Waals surface area contributed by atoms with Crippen LogP contribution in [0.5, 0.6) is 11.5 Å². The van der Waals surface area contributed by atoms with Gasteiger partial charge in [-0.15, -0.1) is 0 Å². The molecule has 98 valence electrons. The van der Waals surface area contributed by atoms with E-state index in [1.807, 2.05) is 0 Å². The number of benzene rings is 1. The molecule has 3 N–H and O–H groups in total. The van der Waals surface area contributed by atoms with Crippen LogP contribution in [-0.4, -0.2) is 33.2 Å². The molecule has 1 amide bonds. The molecule has 0 heterocycles. The van der Waals surface area contributed by atoms with Gasteiger partial charge in [0.05, 0.1) is 19.8 Å². The van der Waals surface area contributed by atoms with E-state index in [2.05, 4.69) is 5.32 Å². The third-order valence-electron chi connectivity index (χ3n) is 2.33. The smallest absolute Gasteiger partial charge is 0.255 e. The largest absolute Gasteiger partial charge is 0.497 e. The molecule has 0 aliphatic carbocycles. The van der Waals surface area contributed by atoms with Gasteiger partial charge >= 0.3 is 0 Å². The minimum absolute atomic E-state index is 0.215.